The molecule has 153 valence electrons. The minimum atomic E-state index is -2.00. The number of hydrogen-bond donors (Lipinski definition) is 3. The molecule has 1 aliphatic rings. The Labute approximate surface area is 173 Å². The third-order valence-corrected chi connectivity index (χ3v) is 7.35. The van der Waals surface area contributed by atoms with Crippen LogP contribution in [-0.4, -0.2) is 55.1 Å². The number of hydrogen-bond acceptors (Lipinski definition) is 5. The summed E-state index contributed by atoms with van der Waals surface area (Å²) in [4.78, 5) is 0. The molecule has 2 aromatic carbocycles. The Morgan fingerprint density at radius 3 is 2.21 bits per heavy atom. The Kier molecular flexibility index (Phi) is 6.29. The van der Waals surface area contributed by atoms with Gasteiger partial charge < -0.3 is 24.5 Å². The van der Waals surface area contributed by atoms with Gasteiger partial charge in [0.15, 0.2) is 11.9 Å². The van der Waals surface area contributed by atoms with E-state index in [2.05, 4.69) is 51.0 Å². The maximum absolute atomic E-state index is 10.5. The monoisotopic (exact) mass is 411 g/mol. The van der Waals surface area contributed by atoms with Gasteiger partial charge >= 0.3 is 0 Å². The van der Waals surface area contributed by atoms with Gasteiger partial charge in [0.25, 0.3) is 9.04 Å². The quantitative estimate of drug-likeness (QED) is 0.495. The number of terminal acetylenes is 1. The van der Waals surface area contributed by atoms with Crippen molar-refractivity contribution in [2.45, 2.75) is 50.3 Å². The van der Waals surface area contributed by atoms with Crippen molar-refractivity contribution in [3.8, 4) is 12.3 Å². The minimum absolute atomic E-state index is 0.0479. The second-order valence-electron chi connectivity index (χ2n) is 8.26. The average molecular weight is 412 g/mol. The predicted octanol–water partition coefficient (Wildman–Crippen LogP) is 0.549. The first-order valence-electron chi connectivity index (χ1n) is 9.54. The van der Waals surface area contributed by atoms with E-state index in [9.17, 15) is 15.3 Å². The van der Waals surface area contributed by atoms with Crippen molar-refractivity contribution in [1.82, 2.24) is 0 Å². The van der Waals surface area contributed by atoms with Gasteiger partial charge in [-0.2, -0.15) is 0 Å². The predicted molar refractivity (Wildman–Crippen MR) is 113 cm³/mol. The molecule has 0 amide bonds. The first-order valence-corrected chi connectivity index (χ1v) is 11.0. The van der Waals surface area contributed by atoms with Crippen LogP contribution in [0.25, 0.3) is 0 Å². The van der Waals surface area contributed by atoms with E-state index in [1.165, 1.54) is 5.56 Å². The van der Waals surface area contributed by atoms with Gasteiger partial charge in [0.05, 0.1) is 6.61 Å². The summed E-state index contributed by atoms with van der Waals surface area (Å²) >= 11 is 0. The van der Waals surface area contributed by atoms with Gasteiger partial charge in [0, 0.05) is 0 Å². The molecule has 2 aromatic rings. The molecule has 1 aliphatic heterocycles. The number of aliphatic hydroxyl groups excluding tert-OH is 2. The Morgan fingerprint density at radius 1 is 1.07 bits per heavy atom. The summed E-state index contributed by atoms with van der Waals surface area (Å²) in [6.07, 6.45) is 1.23. The summed E-state index contributed by atoms with van der Waals surface area (Å²) in [5.41, 5.74) is -0.728. The van der Waals surface area contributed by atoms with Gasteiger partial charge in [-0.05, 0) is 21.4 Å². The second-order valence-corrected chi connectivity index (χ2v) is 10.4. The van der Waals surface area contributed by atoms with Crippen LogP contribution in [0.5, 0.6) is 0 Å². The van der Waals surface area contributed by atoms with E-state index in [1.54, 1.807) is 0 Å². The lowest BCUT2D eigenvalue weighted by atomic mass is 9.87. The smallest absolute Gasteiger partial charge is 0.283 e. The molecule has 0 aromatic heterocycles. The number of benzene rings is 2. The molecule has 5 nitrogen and oxygen atoms in total. The Hall–Kier alpha value is -1.98. The van der Waals surface area contributed by atoms with E-state index in [0.717, 1.165) is 10.4 Å². The number of aliphatic hydroxyl groups is 3. The second kappa shape index (κ2) is 8.40. The van der Waals surface area contributed by atoms with Crippen LogP contribution < -0.4 is 10.4 Å². The standard InChI is InChI=1S/C23H27O5Si/c1-5-23(26)19(28-21(25)20(23)24)15-27-29(17-9-7-6-8-10-17)18-13-11-16(12-14-18)22(2,3)4/h1,6-14,19-21,24-26H,15H2,2-4H3/t19-,20+,21?,23-/m1/s1. The van der Waals surface area contributed by atoms with Crippen molar-refractivity contribution in [2.24, 2.45) is 0 Å². The topological polar surface area (TPSA) is 79.2 Å². The summed E-state index contributed by atoms with van der Waals surface area (Å²) in [6, 6.07) is 18.2. The number of rotatable bonds is 5. The van der Waals surface area contributed by atoms with Crippen molar-refractivity contribution in [2.75, 3.05) is 6.61 Å². The van der Waals surface area contributed by atoms with Crippen molar-refractivity contribution in [1.29, 1.82) is 0 Å². The Balaban J connectivity index is 1.85. The highest BCUT2D eigenvalue weighted by atomic mass is 28.3. The van der Waals surface area contributed by atoms with Crippen LogP contribution in [0.15, 0.2) is 54.6 Å². The molecular formula is C23H27O5Si. The molecule has 4 atom stereocenters. The Morgan fingerprint density at radius 2 is 1.66 bits per heavy atom. The molecule has 0 aliphatic carbocycles. The fraction of sp³-hybridized carbons (Fsp3) is 0.391. The van der Waals surface area contributed by atoms with Crippen LogP contribution >= 0.6 is 0 Å². The summed E-state index contributed by atoms with van der Waals surface area (Å²) in [5, 5.41) is 32.4. The third kappa shape index (κ3) is 4.46. The normalized spacial score (nSPS) is 27.2. The largest absolute Gasteiger partial charge is 0.405 e. The van der Waals surface area contributed by atoms with Gasteiger partial charge in [0.2, 0.25) is 0 Å². The summed E-state index contributed by atoms with van der Waals surface area (Å²) in [5.74, 6) is 2.15. The van der Waals surface area contributed by atoms with Crippen molar-refractivity contribution in [3.63, 3.8) is 0 Å². The van der Waals surface area contributed by atoms with E-state index in [1.807, 2.05) is 30.3 Å². The SMILES string of the molecule is C#C[C@@]1(O)[C@@H](CO[Si](c2ccccc2)c2ccc(C(C)(C)C)cc2)OC(O)[C@@H]1O. The lowest BCUT2D eigenvalue weighted by molar-refractivity contribution is -0.131. The highest BCUT2D eigenvalue weighted by Gasteiger charge is 2.54. The van der Waals surface area contributed by atoms with Gasteiger partial charge in [-0.1, -0.05) is 81.3 Å². The molecule has 1 saturated heterocycles. The first-order chi connectivity index (χ1) is 13.7. The van der Waals surface area contributed by atoms with Gasteiger partial charge in [-0.3, -0.25) is 0 Å². The highest BCUT2D eigenvalue weighted by molar-refractivity contribution is 6.80. The molecule has 1 radical (unpaired) electrons. The van der Waals surface area contributed by atoms with E-state index in [0.29, 0.717) is 0 Å². The number of ether oxygens (including phenoxy) is 1. The molecule has 6 heteroatoms. The third-order valence-electron chi connectivity index (χ3n) is 5.17. The molecule has 29 heavy (non-hydrogen) atoms. The fourth-order valence-electron chi connectivity index (χ4n) is 3.30. The van der Waals surface area contributed by atoms with Crippen molar-refractivity contribution >= 4 is 19.4 Å². The fourth-order valence-corrected chi connectivity index (χ4v) is 5.25. The summed E-state index contributed by atoms with van der Waals surface area (Å²) in [7, 11) is -1.66. The molecule has 3 N–H and O–H groups in total. The average Bonchev–Trinajstić information content (AvgIpc) is 2.93. The van der Waals surface area contributed by atoms with Crippen molar-refractivity contribution in [3.05, 3.63) is 60.2 Å². The van der Waals surface area contributed by atoms with E-state index in [-0.39, 0.29) is 12.0 Å². The van der Waals surface area contributed by atoms with Crippen LogP contribution in [0.2, 0.25) is 0 Å². The zero-order chi connectivity index (χ0) is 21.2. The molecule has 1 heterocycles. The van der Waals surface area contributed by atoms with Crippen LogP contribution in [-0.2, 0) is 14.6 Å². The van der Waals surface area contributed by atoms with E-state index >= 15 is 0 Å². The molecule has 1 unspecified atom stereocenters. The van der Waals surface area contributed by atoms with Crippen LogP contribution in [0.1, 0.15) is 26.3 Å². The maximum Gasteiger partial charge on any atom is 0.283 e. The zero-order valence-electron chi connectivity index (χ0n) is 16.9. The molecule has 0 saturated carbocycles. The highest BCUT2D eigenvalue weighted by Crippen LogP contribution is 2.30. The van der Waals surface area contributed by atoms with Gasteiger partial charge in [0.1, 0.15) is 12.2 Å². The van der Waals surface area contributed by atoms with Gasteiger partial charge in [-0.15, -0.1) is 6.42 Å². The molecular weight excluding hydrogens is 384 g/mol. The van der Waals surface area contributed by atoms with Crippen molar-refractivity contribution < 1.29 is 24.5 Å². The van der Waals surface area contributed by atoms with Crippen LogP contribution in [0.3, 0.4) is 0 Å². The molecule has 1 fully saturated rings. The zero-order valence-corrected chi connectivity index (χ0v) is 17.9. The molecule has 0 spiro atoms. The molecule has 0 bridgehead atoms. The minimum Gasteiger partial charge on any atom is -0.405 e. The summed E-state index contributed by atoms with van der Waals surface area (Å²) in [6.45, 7) is 6.43. The van der Waals surface area contributed by atoms with Gasteiger partial charge in [-0.25, -0.2) is 0 Å². The maximum atomic E-state index is 10.5. The summed E-state index contributed by atoms with van der Waals surface area (Å²) < 4.78 is 11.5. The first kappa shape index (κ1) is 21.7. The lowest BCUT2D eigenvalue weighted by Crippen LogP contribution is -2.51. The van der Waals surface area contributed by atoms with E-state index in [4.69, 9.17) is 15.6 Å². The van der Waals surface area contributed by atoms with Crippen LogP contribution in [0, 0.1) is 12.3 Å². The van der Waals surface area contributed by atoms with E-state index < -0.39 is 33.1 Å². The molecule has 3 rings (SSSR count). The lowest BCUT2D eigenvalue weighted by Gasteiger charge is -2.26. The van der Waals surface area contributed by atoms with Crippen LogP contribution in [0.4, 0.5) is 0 Å². The Bertz CT molecular complexity index is 856.